The molecule has 6 aliphatic rings. The van der Waals surface area contributed by atoms with E-state index in [2.05, 4.69) is 67.6 Å². The van der Waals surface area contributed by atoms with E-state index in [-0.39, 0.29) is 0 Å². The highest BCUT2D eigenvalue weighted by Crippen LogP contribution is 2.71. The summed E-state index contributed by atoms with van der Waals surface area (Å²) in [6.45, 7) is 23.8. The molecule has 5 aliphatic carbocycles. The van der Waals surface area contributed by atoms with Crippen molar-refractivity contribution in [2.45, 2.75) is 87.2 Å². The highest BCUT2D eigenvalue weighted by atomic mass is 15.0. The Labute approximate surface area is 193 Å². The van der Waals surface area contributed by atoms with Crippen LogP contribution >= 0.6 is 0 Å². The molecular weight excluding hydrogens is 374 g/mol. The molecule has 0 amide bonds. The van der Waals surface area contributed by atoms with Crippen molar-refractivity contribution in [2.75, 3.05) is 0 Å². The van der Waals surface area contributed by atoms with Gasteiger partial charge < -0.3 is 5.32 Å². The van der Waals surface area contributed by atoms with E-state index in [9.17, 15) is 0 Å². The van der Waals surface area contributed by atoms with Crippen molar-refractivity contribution in [3.63, 3.8) is 0 Å². The van der Waals surface area contributed by atoms with Crippen LogP contribution in [0, 0.1) is 101 Å². The first-order valence-electron chi connectivity index (χ1n) is 14.4. The molecule has 19 atom stereocenters. The number of piperidine rings is 1. The van der Waals surface area contributed by atoms with Gasteiger partial charge in [-0.25, -0.2) is 0 Å². The fraction of sp³-hybridized carbons (Fsp3) is 1.00. The van der Waals surface area contributed by atoms with Crippen molar-refractivity contribution in [3.8, 4) is 0 Å². The van der Waals surface area contributed by atoms with E-state index in [1.807, 2.05) is 0 Å². The molecule has 1 N–H and O–H groups in total. The minimum Gasteiger partial charge on any atom is -0.311 e. The molecular formula is C30H51N. The second-order valence-corrected chi connectivity index (χ2v) is 14.4. The Morgan fingerprint density at radius 1 is 0.419 bits per heavy atom. The van der Waals surface area contributed by atoms with Crippen LogP contribution in [0.15, 0.2) is 0 Å². The molecule has 176 valence electrons. The predicted octanol–water partition coefficient (Wildman–Crippen LogP) is 6.83. The van der Waals surface area contributed by atoms with Crippen LogP contribution < -0.4 is 5.32 Å². The lowest BCUT2D eigenvalue weighted by Crippen LogP contribution is -2.74. The molecule has 0 aromatic heterocycles. The summed E-state index contributed by atoms with van der Waals surface area (Å²) in [5.41, 5.74) is 0. The standard InChI is InChI=1S/C30H51N/c1-12-10-21-11-22-28-29-24(15(4)14(3)16(5)26(29)20(9)31-22)19(8)25-18(7)17(6)23(13(12)2)27(21)30(25)28/h12-31H,10-11H2,1-9H3/t12?,13-,14-,15+,16-,17+,18-,19+,20-,21?,22?,23?,24?,25?,26?,27?,28?,29?,30?/m1/s1. The van der Waals surface area contributed by atoms with Crippen LogP contribution in [0.1, 0.15) is 75.2 Å². The van der Waals surface area contributed by atoms with E-state index >= 15 is 0 Å². The van der Waals surface area contributed by atoms with Gasteiger partial charge in [-0.15, -0.1) is 0 Å². The summed E-state index contributed by atoms with van der Waals surface area (Å²) in [5.74, 6) is 16.1. The minimum atomic E-state index is 0.717. The molecule has 1 heteroatoms. The number of nitrogens with one attached hydrogen (secondary N) is 1. The van der Waals surface area contributed by atoms with Gasteiger partial charge >= 0.3 is 0 Å². The van der Waals surface area contributed by atoms with Crippen molar-refractivity contribution >= 4 is 0 Å². The molecule has 0 aromatic carbocycles. The molecule has 1 nitrogen and oxygen atoms in total. The molecule has 0 bridgehead atoms. The van der Waals surface area contributed by atoms with E-state index in [1.165, 1.54) is 12.8 Å². The van der Waals surface area contributed by atoms with Crippen LogP contribution in [-0.4, -0.2) is 12.1 Å². The zero-order chi connectivity index (χ0) is 22.1. The zero-order valence-corrected chi connectivity index (χ0v) is 21.9. The lowest BCUT2D eigenvalue weighted by molar-refractivity contribution is -0.247. The van der Waals surface area contributed by atoms with Crippen molar-refractivity contribution < 1.29 is 0 Å². The third-order valence-corrected chi connectivity index (χ3v) is 14.0. The van der Waals surface area contributed by atoms with Crippen molar-refractivity contribution in [1.29, 1.82) is 0 Å². The fourth-order valence-electron chi connectivity index (χ4n) is 12.6. The van der Waals surface area contributed by atoms with Crippen LogP contribution in [-0.2, 0) is 0 Å². The molecule has 0 radical (unpaired) electrons. The van der Waals surface area contributed by atoms with Gasteiger partial charge in [-0.05, 0) is 120 Å². The summed E-state index contributed by atoms with van der Waals surface area (Å²) >= 11 is 0. The molecule has 0 aromatic rings. The largest absolute Gasteiger partial charge is 0.311 e. The summed E-state index contributed by atoms with van der Waals surface area (Å²) in [4.78, 5) is 0. The summed E-state index contributed by atoms with van der Waals surface area (Å²) in [5, 5.41) is 4.33. The summed E-state index contributed by atoms with van der Waals surface area (Å²) in [6.07, 6.45) is 3.02. The van der Waals surface area contributed by atoms with Gasteiger partial charge in [-0.2, -0.15) is 0 Å². The van der Waals surface area contributed by atoms with E-state index in [0.717, 1.165) is 113 Å². The van der Waals surface area contributed by atoms with Crippen LogP contribution in [0.2, 0.25) is 0 Å². The third kappa shape index (κ3) is 2.54. The molecule has 1 saturated heterocycles. The number of rotatable bonds is 0. The van der Waals surface area contributed by atoms with Crippen molar-refractivity contribution in [3.05, 3.63) is 0 Å². The highest BCUT2D eigenvalue weighted by molar-refractivity contribution is 5.18. The Hall–Kier alpha value is -0.0400. The third-order valence-electron chi connectivity index (χ3n) is 14.0. The molecule has 6 fully saturated rings. The molecule has 1 heterocycles. The second-order valence-electron chi connectivity index (χ2n) is 14.4. The number of hydrogen-bond acceptors (Lipinski definition) is 1. The first-order valence-corrected chi connectivity index (χ1v) is 14.4. The Balaban J connectivity index is 1.51. The highest BCUT2D eigenvalue weighted by Gasteiger charge is 2.69. The molecule has 1 aliphatic heterocycles. The minimum absolute atomic E-state index is 0.717. The Bertz CT molecular complexity index is 715. The maximum Gasteiger partial charge on any atom is 0.0106 e. The zero-order valence-electron chi connectivity index (χ0n) is 21.9. The van der Waals surface area contributed by atoms with Gasteiger partial charge in [-0.3, -0.25) is 0 Å². The lowest BCUT2D eigenvalue weighted by Gasteiger charge is -2.73. The SMILES string of the molecule is CC1CC2CC3N[C@H](C)C4C5C3C3C2C([C@@H]1C)[C@@H](C)[C@@H](C)C3[C@@H](C)C5[C@@H](C)[C@@H](C)[C@H]4C. The van der Waals surface area contributed by atoms with Gasteiger partial charge in [0.2, 0.25) is 0 Å². The van der Waals surface area contributed by atoms with Crippen molar-refractivity contribution in [1.82, 2.24) is 5.32 Å². The normalized spacial score (nSPS) is 69.4. The van der Waals surface area contributed by atoms with E-state index in [4.69, 9.17) is 0 Å². The monoisotopic (exact) mass is 425 g/mol. The summed E-state index contributed by atoms with van der Waals surface area (Å²) in [6, 6.07) is 1.53. The molecule has 6 rings (SSSR count). The first-order chi connectivity index (χ1) is 14.6. The maximum atomic E-state index is 4.33. The molecule has 11 unspecified atom stereocenters. The van der Waals surface area contributed by atoms with Gasteiger partial charge in [-0.1, -0.05) is 55.4 Å². The molecule has 5 saturated carbocycles. The van der Waals surface area contributed by atoms with Crippen molar-refractivity contribution in [2.24, 2.45) is 101 Å². The van der Waals surface area contributed by atoms with Gasteiger partial charge in [0.1, 0.15) is 0 Å². The number of hydrogen-bond donors (Lipinski definition) is 1. The quantitative estimate of drug-likeness (QED) is 0.448. The summed E-state index contributed by atoms with van der Waals surface area (Å²) < 4.78 is 0. The van der Waals surface area contributed by atoms with E-state index < -0.39 is 0 Å². The maximum absolute atomic E-state index is 4.33. The molecule has 0 spiro atoms. The average Bonchev–Trinajstić information content (AvgIpc) is 2.71. The van der Waals surface area contributed by atoms with Gasteiger partial charge in [0, 0.05) is 12.1 Å². The van der Waals surface area contributed by atoms with Crippen LogP contribution in [0.5, 0.6) is 0 Å². The van der Waals surface area contributed by atoms with Crippen LogP contribution in [0.4, 0.5) is 0 Å². The topological polar surface area (TPSA) is 12.0 Å². The molecule has 31 heavy (non-hydrogen) atoms. The smallest absolute Gasteiger partial charge is 0.0106 e. The first kappa shape index (κ1) is 21.5. The fourth-order valence-corrected chi connectivity index (χ4v) is 12.6. The lowest BCUT2D eigenvalue weighted by atomic mass is 9.33. The van der Waals surface area contributed by atoms with E-state index in [1.54, 1.807) is 0 Å². The Morgan fingerprint density at radius 3 is 1.58 bits per heavy atom. The average molecular weight is 426 g/mol. The van der Waals surface area contributed by atoms with Gasteiger partial charge in [0.15, 0.2) is 0 Å². The van der Waals surface area contributed by atoms with E-state index in [0.29, 0.717) is 0 Å². The predicted molar refractivity (Wildman–Crippen MR) is 130 cm³/mol. The van der Waals surface area contributed by atoms with Gasteiger partial charge in [0.25, 0.3) is 0 Å². The van der Waals surface area contributed by atoms with Gasteiger partial charge in [0.05, 0.1) is 0 Å². The Morgan fingerprint density at radius 2 is 0.935 bits per heavy atom. The summed E-state index contributed by atoms with van der Waals surface area (Å²) in [7, 11) is 0. The second kappa shape index (κ2) is 6.99. The Kier molecular flexibility index (Phi) is 4.85. The van der Waals surface area contributed by atoms with Crippen LogP contribution in [0.25, 0.3) is 0 Å². The van der Waals surface area contributed by atoms with Crippen LogP contribution in [0.3, 0.4) is 0 Å².